The van der Waals surface area contributed by atoms with Crippen molar-refractivity contribution in [3.05, 3.63) is 114 Å². The van der Waals surface area contributed by atoms with E-state index in [0.717, 1.165) is 33.6 Å². The van der Waals surface area contributed by atoms with Crippen molar-refractivity contribution < 1.29 is 9.53 Å². The van der Waals surface area contributed by atoms with E-state index in [1.54, 1.807) is 0 Å². The van der Waals surface area contributed by atoms with Crippen LogP contribution in [0.4, 0.5) is 11.4 Å². The summed E-state index contributed by atoms with van der Waals surface area (Å²) in [5, 5.41) is 3.05. The third-order valence-electron chi connectivity index (χ3n) is 6.33. The van der Waals surface area contributed by atoms with Crippen LogP contribution in [0.5, 0.6) is 0 Å². The van der Waals surface area contributed by atoms with E-state index in [4.69, 9.17) is 4.74 Å². The van der Waals surface area contributed by atoms with Crippen molar-refractivity contribution in [2.75, 3.05) is 10.2 Å². The largest absolute Gasteiger partial charge is 0.325 e. The maximum atomic E-state index is 13.6. The summed E-state index contributed by atoms with van der Waals surface area (Å²) in [6.45, 7) is 4.02. The van der Waals surface area contributed by atoms with Gasteiger partial charge in [0.1, 0.15) is 0 Å². The van der Waals surface area contributed by atoms with E-state index in [0.29, 0.717) is 6.42 Å². The van der Waals surface area contributed by atoms with Gasteiger partial charge in [-0.1, -0.05) is 66.7 Å². The van der Waals surface area contributed by atoms with E-state index in [9.17, 15) is 4.79 Å². The third kappa shape index (κ3) is 1.96. The van der Waals surface area contributed by atoms with Crippen LogP contribution in [0.3, 0.4) is 0 Å². The fraction of sp³-hybridized carbons (Fsp3) is 0.115. The van der Waals surface area contributed by atoms with Gasteiger partial charge in [0.2, 0.25) is 5.60 Å². The number of para-hydroxylation sites is 2. The van der Waals surface area contributed by atoms with Crippen LogP contribution in [0.25, 0.3) is 6.08 Å². The number of anilines is 2. The number of rotatable bonds is 2. The second-order valence-corrected chi connectivity index (χ2v) is 7.85. The van der Waals surface area contributed by atoms with Crippen LogP contribution < -0.4 is 10.2 Å². The summed E-state index contributed by atoms with van der Waals surface area (Å²) in [6.07, 6.45) is 6.54. The first kappa shape index (κ1) is 17.2. The summed E-state index contributed by atoms with van der Waals surface area (Å²) in [6, 6.07) is 24.0. The maximum Gasteiger partial charge on any atom is 0.266 e. The van der Waals surface area contributed by atoms with Crippen LogP contribution >= 0.6 is 0 Å². The number of ether oxygens (including phenoxy) is 1. The Kier molecular flexibility index (Phi) is 3.41. The molecule has 3 aliphatic rings. The second-order valence-electron chi connectivity index (χ2n) is 7.85. The van der Waals surface area contributed by atoms with E-state index < -0.39 is 11.3 Å². The number of nitrogens with one attached hydrogen (secondary N) is 1. The highest BCUT2D eigenvalue weighted by Crippen LogP contribution is 2.58. The molecule has 2 atom stereocenters. The van der Waals surface area contributed by atoms with Gasteiger partial charge in [-0.25, -0.2) is 0 Å². The van der Waals surface area contributed by atoms with Crippen molar-refractivity contribution >= 4 is 23.4 Å². The van der Waals surface area contributed by atoms with Gasteiger partial charge in [0, 0.05) is 35.0 Å². The first-order valence-corrected chi connectivity index (χ1v) is 10.1. The molecule has 3 heterocycles. The Labute approximate surface area is 175 Å². The fourth-order valence-electron chi connectivity index (χ4n) is 5.12. The van der Waals surface area contributed by atoms with Crippen molar-refractivity contribution in [2.45, 2.75) is 17.7 Å². The molecule has 3 aromatic rings. The fourth-order valence-corrected chi connectivity index (χ4v) is 5.12. The van der Waals surface area contributed by atoms with Crippen molar-refractivity contribution in [1.82, 2.24) is 0 Å². The van der Waals surface area contributed by atoms with Gasteiger partial charge >= 0.3 is 0 Å². The summed E-state index contributed by atoms with van der Waals surface area (Å²) in [5.74, 6) is -0.161. The standard InChI is InChI=1S/C26H20N2O2/c1-2-16-25-19-10-4-3-9-18(19)15-17-28(25)23-14-8-6-12-21(23)26(30-25)20-11-5-7-13-22(20)27-24(26)29/h2-15,17H,1,16H2,(H,27,29)/t25-,26?/m1/s1. The second kappa shape index (κ2) is 5.94. The number of amides is 1. The van der Waals surface area contributed by atoms with Gasteiger partial charge in [-0.05, 0) is 23.8 Å². The first-order chi connectivity index (χ1) is 14.7. The number of carbonyl (C=O) groups excluding carboxylic acids is 1. The number of carbonyl (C=O) groups is 1. The van der Waals surface area contributed by atoms with Crippen molar-refractivity contribution in [3.63, 3.8) is 0 Å². The van der Waals surface area contributed by atoms with Gasteiger partial charge in [-0.3, -0.25) is 4.79 Å². The molecule has 0 saturated carbocycles. The zero-order valence-electron chi connectivity index (χ0n) is 16.3. The van der Waals surface area contributed by atoms with E-state index in [2.05, 4.69) is 47.3 Å². The highest BCUT2D eigenvalue weighted by molar-refractivity contribution is 6.09. The number of nitrogens with zero attached hydrogens (tertiary/aromatic N) is 1. The zero-order valence-corrected chi connectivity index (χ0v) is 16.3. The molecule has 1 amide bonds. The van der Waals surface area contributed by atoms with Gasteiger partial charge in [-0.2, -0.15) is 0 Å². The summed E-state index contributed by atoms with van der Waals surface area (Å²) in [7, 11) is 0. The van der Waals surface area contributed by atoms with Crippen molar-refractivity contribution in [1.29, 1.82) is 0 Å². The van der Waals surface area contributed by atoms with E-state index in [-0.39, 0.29) is 5.91 Å². The Morgan fingerprint density at radius 3 is 2.47 bits per heavy atom. The SMILES string of the molecule is C=CC[C@]12OC3(C(=O)Nc4ccccc43)c3ccccc3N1C=Cc1ccccc12. The summed E-state index contributed by atoms with van der Waals surface area (Å²) < 4.78 is 7.05. The van der Waals surface area contributed by atoms with Crippen LogP contribution in [0.2, 0.25) is 0 Å². The van der Waals surface area contributed by atoms with Gasteiger partial charge in [0.25, 0.3) is 5.91 Å². The van der Waals surface area contributed by atoms with Crippen molar-refractivity contribution in [2.24, 2.45) is 0 Å². The van der Waals surface area contributed by atoms with Crippen LogP contribution in [0.15, 0.2) is 91.7 Å². The predicted molar refractivity (Wildman–Crippen MR) is 118 cm³/mol. The molecule has 3 aliphatic heterocycles. The molecule has 1 spiro atoms. The quantitative estimate of drug-likeness (QED) is 0.615. The lowest BCUT2D eigenvalue weighted by Crippen LogP contribution is -2.58. The molecule has 0 saturated heterocycles. The molecule has 0 fully saturated rings. The lowest BCUT2D eigenvalue weighted by atomic mass is 9.79. The Morgan fingerprint density at radius 1 is 0.933 bits per heavy atom. The normalized spacial score (nSPS) is 25.2. The highest BCUT2D eigenvalue weighted by Gasteiger charge is 2.61. The van der Waals surface area contributed by atoms with Gasteiger partial charge < -0.3 is 15.0 Å². The van der Waals surface area contributed by atoms with Gasteiger partial charge in [0.15, 0.2) is 5.72 Å². The number of fused-ring (bicyclic) bond motifs is 8. The molecule has 4 heteroatoms. The molecule has 3 aromatic carbocycles. The number of hydrogen-bond donors (Lipinski definition) is 1. The Morgan fingerprint density at radius 2 is 1.63 bits per heavy atom. The smallest absolute Gasteiger partial charge is 0.266 e. The summed E-state index contributed by atoms with van der Waals surface area (Å²) >= 11 is 0. The van der Waals surface area contributed by atoms with E-state index in [1.165, 1.54) is 0 Å². The molecular formula is C26H20N2O2. The molecule has 0 aromatic heterocycles. The van der Waals surface area contributed by atoms with Gasteiger partial charge in [0.05, 0.1) is 5.69 Å². The molecule has 6 rings (SSSR count). The van der Waals surface area contributed by atoms with Crippen LogP contribution in [0.1, 0.15) is 28.7 Å². The van der Waals surface area contributed by atoms with Crippen LogP contribution in [0, 0.1) is 0 Å². The Hall–Kier alpha value is -3.63. The van der Waals surface area contributed by atoms with Crippen LogP contribution in [-0.2, 0) is 20.9 Å². The monoisotopic (exact) mass is 392 g/mol. The molecule has 146 valence electrons. The van der Waals surface area contributed by atoms with Gasteiger partial charge in [-0.15, -0.1) is 6.58 Å². The number of benzene rings is 3. The average molecular weight is 392 g/mol. The Bertz CT molecular complexity index is 1250. The predicted octanol–water partition coefficient (Wildman–Crippen LogP) is 5.13. The topological polar surface area (TPSA) is 41.6 Å². The van der Waals surface area contributed by atoms with Crippen LogP contribution in [-0.4, -0.2) is 5.91 Å². The first-order valence-electron chi connectivity index (χ1n) is 10.1. The minimum atomic E-state index is -1.23. The third-order valence-corrected chi connectivity index (χ3v) is 6.33. The lowest BCUT2D eigenvalue weighted by molar-refractivity contribution is -0.169. The van der Waals surface area contributed by atoms with E-state index >= 15 is 0 Å². The molecular weight excluding hydrogens is 372 g/mol. The average Bonchev–Trinajstić information content (AvgIpc) is 3.06. The maximum absolute atomic E-state index is 13.6. The lowest BCUT2D eigenvalue weighted by Gasteiger charge is -2.54. The number of hydrogen-bond acceptors (Lipinski definition) is 3. The molecule has 4 nitrogen and oxygen atoms in total. The van der Waals surface area contributed by atoms with E-state index in [1.807, 2.05) is 60.7 Å². The molecule has 0 aliphatic carbocycles. The highest BCUT2D eigenvalue weighted by atomic mass is 16.6. The molecule has 30 heavy (non-hydrogen) atoms. The minimum absolute atomic E-state index is 0.161. The molecule has 0 bridgehead atoms. The molecule has 1 N–H and O–H groups in total. The van der Waals surface area contributed by atoms with Crippen molar-refractivity contribution in [3.8, 4) is 0 Å². The summed E-state index contributed by atoms with van der Waals surface area (Å²) in [4.78, 5) is 15.7. The zero-order chi connectivity index (χ0) is 20.3. The minimum Gasteiger partial charge on any atom is -0.325 e. The molecule has 1 unspecified atom stereocenters. The molecule has 0 radical (unpaired) electrons. The Balaban J connectivity index is 1.72. The summed E-state index contributed by atoms with van der Waals surface area (Å²) in [5.41, 5.74) is 3.44.